The first-order valence-corrected chi connectivity index (χ1v) is 10.1. The average molecular weight is 388 g/mol. The second-order valence-corrected chi connectivity index (χ2v) is 8.23. The number of aliphatic hydroxyl groups is 1. The van der Waals surface area contributed by atoms with Gasteiger partial charge in [-0.1, -0.05) is 41.9 Å². The maximum absolute atomic E-state index is 12.1. The summed E-state index contributed by atoms with van der Waals surface area (Å²) in [5.74, 6) is 0.691. The molecule has 1 N–H and O–H groups in total. The topological polar surface area (TPSA) is 32.7 Å². The van der Waals surface area contributed by atoms with Crippen LogP contribution >= 0.6 is 11.6 Å². The summed E-state index contributed by atoms with van der Waals surface area (Å²) in [6.45, 7) is 0.959. The number of fused-ring (bicyclic) bond motifs is 1. The molecular formula is C23H30ClNO2. The Bertz CT molecular complexity index is 777. The van der Waals surface area contributed by atoms with E-state index in [4.69, 9.17) is 16.3 Å². The van der Waals surface area contributed by atoms with Crippen LogP contribution in [0.25, 0.3) is 0 Å². The van der Waals surface area contributed by atoms with Gasteiger partial charge in [0.15, 0.2) is 0 Å². The monoisotopic (exact) mass is 387 g/mol. The molecule has 3 rings (SSSR count). The third-order valence-corrected chi connectivity index (χ3v) is 6.05. The fraction of sp³-hybridized carbons (Fsp3) is 0.478. The van der Waals surface area contributed by atoms with Crippen LogP contribution in [0, 0.1) is 0 Å². The molecule has 2 atom stereocenters. The predicted molar refractivity (Wildman–Crippen MR) is 112 cm³/mol. The molecule has 0 amide bonds. The number of benzene rings is 2. The molecule has 4 heteroatoms. The van der Waals surface area contributed by atoms with Crippen LogP contribution in [-0.4, -0.2) is 37.8 Å². The molecule has 3 nitrogen and oxygen atoms in total. The van der Waals surface area contributed by atoms with Crippen LogP contribution in [0.15, 0.2) is 42.5 Å². The standard InChI is InChI=1S/C23H30ClNO2/c1-25(2)15-7-14-23(26)19-10-5-4-8-17(19)9-6-11-20(23)18-12-13-21(24)22(16-18)27-3/h4-5,8,10,12-13,16,20,26H,6-7,9,11,14-15H2,1-3H3/t20-,23-/m0/s1. The maximum Gasteiger partial charge on any atom is 0.137 e. The summed E-state index contributed by atoms with van der Waals surface area (Å²) in [4.78, 5) is 2.17. The number of nitrogens with zero attached hydrogens (tertiary/aromatic N) is 1. The van der Waals surface area contributed by atoms with E-state index in [2.05, 4.69) is 37.2 Å². The van der Waals surface area contributed by atoms with Crippen molar-refractivity contribution in [3.8, 4) is 5.75 Å². The highest BCUT2D eigenvalue weighted by Gasteiger charge is 2.41. The van der Waals surface area contributed by atoms with Gasteiger partial charge in [0, 0.05) is 5.92 Å². The molecule has 146 valence electrons. The van der Waals surface area contributed by atoms with Crippen molar-refractivity contribution in [2.24, 2.45) is 0 Å². The minimum Gasteiger partial charge on any atom is -0.495 e. The van der Waals surface area contributed by atoms with E-state index in [-0.39, 0.29) is 5.92 Å². The number of methoxy groups -OCH3 is 1. The van der Waals surface area contributed by atoms with Gasteiger partial charge >= 0.3 is 0 Å². The number of hydrogen-bond acceptors (Lipinski definition) is 3. The van der Waals surface area contributed by atoms with E-state index in [1.54, 1.807) is 7.11 Å². The van der Waals surface area contributed by atoms with Gasteiger partial charge in [-0.05, 0) is 81.6 Å². The van der Waals surface area contributed by atoms with Gasteiger partial charge in [-0.3, -0.25) is 0 Å². The van der Waals surface area contributed by atoms with Crippen LogP contribution in [0.3, 0.4) is 0 Å². The highest BCUT2D eigenvalue weighted by Crippen LogP contribution is 2.48. The van der Waals surface area contributed by atoms with Crippen molar-refractivity contribution < 1.29 is 9.84 Å². The fourth-order valence-corrected chi connectivity index (χ4v) is 4.59. The first-order valence-electron chi connectivity index (χ1n) is 9.74. The Morgan fingerprint density at radius 3 is 2.74 bits per heavy atom. The molecule has 0 bridgehead atoms. The Hall–Kier alpha value is -1.55. The molecule has 0 aliphatic heterocycles. The second kappa shape index (κ2) is 8.64. The highest BCUT2D eigenvalue weighted by molar-refractivity contribution is 6.32. The number of halogens is 1. The van der Waals surface area contributed by atoms with Crippen molar-refractivity contribution in [1.82, 2.24) is 4.90 Å². The Balaban J connectivity index is 2.04. The van der Waals surface area contributed by atoms with Crippen LogP contribution in [0.5, 0.6) is 5.75 Å². The van der Waals surface area contributed by atoms with E-state index in [0.29, 0.717) is 10.8 Å². The summed E-state index contributed by atoms with van der Waals surface area (Å²) < 4.78 is 5.44. The van der Waals surface area contributed by atoms with Gasteiger partial charge in [0.25, 0.3) is 0 Å². The van der Waals surface area contributed by atoms with Gasteiger partial charge in [-0.25, -0.2) is 0 Å². The molecule has 0 radical (unpaired) electrons. The van der Waals surface area contributed by atoms with E-state index in [0.717, 1.165) is 49.8 Å². The second-order valence-electron chi connectivity index (χ2n) is 7.83. The summed E-state index contributed by atoms with van der Waals surface area (Å²) in [7, 11) is 5.79. The van der Waals surface area contributed by atoms with Crippen LogP contribution < -0.4 is 4.74 Å². The lowest BCUT2D eigenvalue weighted by Crippen LogP contribution is -2.34. The lowest BCUT2D eigenvalue weighted by atomic mass is 9.73. The molecule has 1 aliphatic rings. The molecule has 27 heavy (non-hydrogen) atoms. The molecule has 2 aromatic carbocycles. The average Bonchev–Trinajstić information content (AvgIpc) is 2.79. The lowest BCUT2D eigenvalue weighted by molar-refractivity contribution is -0.00608. The molecule has 0 aromatic heterocycles. The molecule has 0 heterocycles. The van der Waals surface area contributed by atoms with Crippen molar-refractivity contribution in [1.29, 1.82) is 0 Å². The van der Waals surface area contributed by atoms with Gasteiger partial charge < -0.3 is 14.7 Å². The third-order valence-electron chi connectivity index (χ3n) is 5.74. The summed E-state index contributed by atoms with van der Waals surface area (Å²) in [5, 5.41) is 12.7. The highest BCUT2D eigenvalue weighted by atomic mass is 35.5. The van der Waals surface area contributed by atoms with E-state index in [1.165, 1.54) is 5.56 Å². The molecule has 0 unspecified atom stereocenters. The molecule has 0 spiro atoms. The Kier molecular flexibility index (Phi) is 6.46. The summed E-state index contributed by atoms with van der Waals surface area (Å²) in [6.07, 6.45) is 4.69. The van der Waals surface area contributed by atoms with Gasteiger partial charge in [0.2, 0.25) is 0 Å². The Labute approximate surface area is 167 Å². The van der Waals surface area contributed by atoms with Crippen LogP contribution in [-0.2, 0) is 12.0 Å². The zero-order valence-corrected chi connectivity index (χ0v) is 17.3. The zero-order valence-electron chi connectivity index (χ0n) is 16.5. The lowest BCUT2D eigenvalue weighted by Gasteiger charge is -2.37. The van der Waals surface area contributed by atoms with E-state index >= 15 is 0 Å². The number of ether oxygens (including phenoxy) is 1. The van der Waals surface area contributed by atoms with Crippen LogP contribution in [0.4, 0.5) is 0 Å². The van der Waals surface area contributed by atoms with Crippen molar-refractivity contribution in [2.75, 3.05) is 27.7 Å². The Morgan fingerprint density at radius 2 is 2.00 bits per heavy atom. The van der Waals surface area contributed by atoms with Crippen LogP contribution in [0.1, 0.15) is 48.3 Å². The minimum absolute atomic E-state index is 0.0227. The zero-order chi connectivity index (χ0) is 19.4. The number of hydrogen-bond donors (Lipinski definition) is 1. The van der Waals surface area contributed by atoms with Gasteiger partial charge in [-0.2, -0.15) is 0 Å². The normalized spacial score (nSPS) is 22.4. The van der Waals surface area contributed by atoms with Crippen molar-refractivity contribution >= 4 is 11.6 Å². The fourth-order valence-electron chi connectivity index (χ4n) is 4.39. The molecular weight excluding hydrogens is 358 g/mol. The molecule has 0 saturated carbocycles. The first kappa shape index (κ1) is 20.2. The van der Waals surface area contributed by atoms with Crippen molar-refractivity contribution in [3.63, 3.8) is 0 Å². The first-order chi connectivity index (χ1) is 13.0. The maximum atomic E-state index is 12.1. The molecule has 0 saturated heterocycles. The molecule has 1 aliphatic carbocycles. The van der Waals surface area contributed by atoms with Crippen molar-refractivity contribution in [2.45, 2.75) is 43.6 Å². The minimum atomic E-state index is -0.887. The summed E-state index contributed by atoms with van der Waals surface area (Å²) in [6, 6.07) is 14.3. The van der Waals surface area contributed by atoms with E-state index in [1.807, 2.05) is 24.3 Å². The quantitative estimate of drug-likeness (QED) is 0.708. The van der Waals surface area contributed by atoms with Crippen molar-refractivity contribution in [3.05, 3.63) is 64.2 Å². The smallest absolute Gasteiger partial charge is 0.137 e. The van der Waals surface area contributed by atoms with Gasteiger partial charge in [-0.15, -0.1) is 0 Å². The van der Waals surface area contributed by atoms with Gasteiger partial charge in [0.1, 0.15) is 5.75 Å². The third kappa shape index (κ3) is 4.31. The largest absolute Gasteiger partial charge is 0.495 e. The summed E-state index contributed by atoms with van der Waals surface area (Å²) >= 11 is 6.25. The number of rotatable bonds is 6. The Morgan fingerprint density at radius 1 is 1.22 bits per heavy atom. The predicted octanol–water partition coefficient (Wildman–Crippen LogP) is 5.00. The summed E-state index contributed by atoms with van der Waals surface area (Å²) in [5.41, 5.74) is 2.57. The molecule has 2 aromatic rings. The van der Waals surface area contributed by atoms with Crippen LogP contribution in [0.2, 0.25) is 5.02 Å². The van der Waals surface area contributed by atoms with E-state index in [9.17, 15) is 5.11 Å². The van der Waals surface area contributed by atoms with E-state index < -0.39 is 5.60 Å². The number of aryl methyl sites for hydroxylation is 1. The molecule has 0 fully saturated rings. The SMILES string of the molecule is COc1cc([C@@H]2CCCc3ccccc3[C@@]2(O)CCCN(C)C)ccc1Cl. The van der Waals surface area contributed by atoms with Gasteiger partial charge in [0.05, 0.1) is 17.7 Å².